The summed E-state index contributed by atoms with van der Waals surface area (Å²) in [6, 6.07) is 16.7. The predicted octanol–water partition coefficient (Wildman–Crippen LogP) is 5.62. The van der Waals surface area contributed by atoms with Gasteiger partial charge in [0.2, 0.25) is 5.91 Å². The number of H-pyrrole nitrogens is 1. The highest BCUT2D eigenvalue weighted by Gasteiger charge is 2.31. The van der Waals surface area contributed by atoms with Crippen LogP contribution in [0.1, 0.15) is 44.2 Å². The Kier molecular flexibility index (Phi) is 5.28. The lowest BCUT2D eigenvalue weighted by atomic mass is 10.0. The Morgan fingerprint density at radius 2 is 1.94 bits per heavy atom. The Morgan fingerprint density at radius 1 is 1.16 bits per heavy atom. The summed E-state index contributed by atoms with van der Waals surface area (Å²) in [6.45, 7) is 4.32. The lowest BCUT2D eigenvalue weighted by Crippen LogP contribution is -2.14. The summed E-state index contributed by atoms with van der Waals surface area (Å²) in [5.74, 6) is 1.60. The molecule has 2 aromatic heterocycles. The van der Waals surface area contributed by atoms with Crippen molar-refractivity contribution in [2.24, 2.45) is 0 Å². The van der Waals surface area contributed by atoms with Gasteiger partial charge in [-0.3, -0.25) is 9.36 Å². The molecule has 2 N–H and O–H groups in total. The van der Waals surface area contributed by atoms with E-state index in [4.69, 9.17) is 0 Å². The maximum absolute atomic E-state index is 12.5. The quantitative estimate of drug-likeness (QED) is 0.373. The van der Waals surface area contributed by atoms with E-state index in [0.717, 1.165) is 46.0 Å². The molecule has 0 saturated heterocycles. The van der Waals surface area contributed by atoms with Crippen LogP contribution in [0.15, 0.2) is 59.9 Å². The molecular formula is C24H25N5OS. The minimum Gasteiger partial charge on any atom is -0.360 e. The van der Waals surface area contributed by atoms with E-state index in [-0.39, 0.29) is 5.91 Å². The Bertz CT molecular complexity index is 1220. The number of carbonyl (C=O) groups excluding carboxylic acids is 1. The number of benzene rings is 2. The van der Waals surface area contributed by atoms with E-state index in [9.17, 15) is 4.79 Å². The van der Waals surface area contributed by atoms with Gasteiger partial charge in [0.25, 0.3) is 0 Å². The van der Waals surface area contributed by atoms with Crippen LogP contribution in [-0.2, 0) is 4.79 Å². The van der Waals surface area contributed by atoms with Gasteiger partial charge in [-0.1, -0.05) is 55.9 Å². The van der Waals surface area contributed by atoms with Crippen LogP contribution < -0.4 is 5.32 Å². The molecule has 0 bridgehead atoms. The van der Waals surface area contributed by atoms with Crippen LogP contribution in [0.25, 0.3) is 22.3 Å². The van der Waals surface area contributed by atoms with E-state index in [0.29, 0.717) is 17.7 Å². The molecule has 0 radical (unpaired) electrons. The van der Waals surface area contributed by atoms with Crippen LogP contribution in [0.5, 0.6) is 0 Å². The van der Waals surface area contributed by atoms with Gasteiger partial charge in [0.15, 0.2) is 11.0 Å². The first-order valence-corrected chi connectivity index (χ1v) is 11.6. The molecule has 158 valence electrons. The minimum atomic E-state index is -0.0405. The summed E-state index contributed by atoms with van der Waals surface area (Å²) in [5.41, 5.74) is 4.21. The Balaban J connectivity index is 1.31. The highest BCUT2D eigenvalue weighted by atomic mass is 32.2. The van der Waals surface area contributed by atoms with E-state index in [2.05, 4.69) is 63.2 Å². The van der Waals surface area contributed by atoms with Crippen molar-refractivity contribution in [2.75, 3.05) is 11.1 Å². The molecule has 1 aliphatic carbocycles. The molecule has 0 atom stereocenters. The van der Waals surface area contributed by atoms with Crippen molar-refractivity contribution < 1.29 is 4.79 Å². The molecule has 1 fully saturated rings. The van der Waals surface area contributed by atoms with Gasteiger partial charge in [-0.15, -0.1) is 10.2 Å². The zero-order chi connectivity index (χ0) is 21.4. The summed E-state index contributed by atoms with van der Waals surface area (Å²) in [6.07, 6.45) is 4.24. The third-order valence-electron chi connectivity index (χ3n) is 5.60. The molecule has 0 unspecified atom stereocenters. The third-order valence-corrected chi connectivity index (χ3v) is 6.54. The van der Waals surface area contributed by atoms with Gasteiger partial charge in [0.05, 0.1) is 5.75 Å². The fourth-order valence-electron chi connectivity index (χ4n) is 3.76. The monoisotopic (exact) mass is 431 g/mol. The summed E-state index contributed by atoms with van der Waals surface area (Å²) in [7, 11) is 0. The van der Waals surface area contributed by atoms with Crippen molar-refractivity contribution in [3.63, 3.8) is 0 Å². The van der Waals surface area contributed by atoms with Crippen LogP contribution in [0, 0.1) is 0 Å². The van der Waals surface area contributed by atoms with Gasteiger partial charge in [-0.25, -0.2) is 0 Å². The van der Waals surface area contributed by atoms with Crippen LogP contribution in [0.4, 0.5) is 5.69 Å². The van der Waals surface area contributed by atoms with Crippen molar-refractivity contribution in [3.05, 3.63) is 60.3 Å². The second kappa shape index (κ2) is 8.23. The average Bonchev–Trinajstić information content (AvgIpc) is 3.38. The first-order chi connectivity index (χ1) is 15.1. The molecule has 1 amide bonds. The fourth-order valence-corrected chi connectivity index (χ4v) is 4.56. The second-order valence-corrected chi connectivity index (χ2v) is 9.21. The van der Waals surface area contributed by atoms with Crippen molar-refractivity contribution in [2.45, 2.75) is 43.8 Å². The number of fused-ring (bicyclic) bond motifs is 1. The number of amides is 1. The van der Waals surface area contributed by atoms with Gasteiger partial charge in [-0.05, 0) is 42.5 Å². The highest BCUT2D eigenvalue weighted by molar-refractivity contribution is 7.99. The highest BCUT2D eigenvalue weighted by Crippen LogP contribution is 2.42. The molecule has 1 saturated carbocycles. The van der Waals surface area contributed by atoms with Gasteiger partial charge in [0, 0.05) is 34.4 Å². The Labute approximate surface area is 185 Å². The smallest absolute Gasteiger partial charge is 0.234 e. The lowest BCUT2D eigenvalue weighted by Gasteiger charge is -2.10. The minimum absolute atomic E-state index is 0.0405. The number of nitrogens with zero attached hydrogens (tertiary/aromatic N) is 3. The van der Waals surface area contributed by atoms with Crippen LogP contribution in [0.3, 0.4) is 0 Å². The molecule has 6 nitrogen and oxygen atoms in total. The van der Waals surface area contributed by atoms with E-state index in [1.165, 1.54) is 17.3 Å². The fraction of sp³-hybridized carbons (Fsp3) is 0.292. The molecule has 0 aliphatic heterocycles. The largest absolute Gasteiger partial charge is 0.360 e. The van der Waals surface area contributed by atoms with Crippen molar-refractivity contribution in [3.8, 4) is 11.4 Å². The maximum atomic E-state index is 12.5. The Morgan fingerprint density at radius 3 is 2.68 bits per heavy atom. The van der Waals surface area contributed by atoms with Gasteiger partial charge in [0.1, 0.15) is 0 Å². The maximum Gasteiger partial charge on any atom is 0.234 e. The molecule has 2 heterocycles. The first-order valence-electron chi connectivity index (χ1n) is 10.6. The van der Waals surface area contributed by atoms with Crippen LogP contribution >= 0.6 is 11.8 Å². The summed E-state index contributed by atoms with van der Waals surface area (Å²) in [4.78, 5) is 15.8. The normalized spacial score (nSPS) is 13.8. The predicted molar refractivity (Wildman–Crippen MR) is 125 cm³/mol. The molecule has 7 heteroatoms. The van der Waals surface area contributed by atoms with Gasteiger partial charge < -0.3 is 10.3 Å². The average molecular weight is 432 g/mol. The standard InChI is InChI=1S/C24H25N5OS/c1-15(2)16-7-9-17(10-8-16)26-22(30)14-31-24-28-27-23(29(24)18-11-12-18)20-13-25-21-6-4-3-5-19(20)21/h3-10,13,15,18,25H,11-12,14H2,1-2H3,(H,26,30). The zero-order valence-electron chi connectivity index (χ0n) is 17.6. The number of aromatic amines is 1. The second-order valence-electron chi connectivity index (χ2n) is 8.27. The number of rotatable bonds is 7. The van der Waals surface area contributed by atoms with Crippen LogP contribution in [0.2, 0.25) is 0 Å². The Hall–Kier alpha value is -3.06. The number of aromatic nitrogens is 4. The molecule has 2 aromatic carbocycles. The molecule has 1 aliphatic rings. The molecule has 31 heavy (non-hydrogen) atoms. The summed E-state index contributed by atoms with van der Waals surface area (Å²) < 4.78 is 2.20. The number of carbonyl (C=O) groups is 1. The van der Waals surface area contributed by atoms with Crippen LogP contribution in [-0.4, -0.2) is 31.4 Å². The number of nitrogens with one attached hydrogen (secondary N) is 2. The topological polar surface area (TPSA) is 75.6 Å². The van der Waals surface area contributed by atoms with E-state index in [1.807, 2.05) is 30.5 Å². The summed E-state index contributed by atoms with van der Waals surface area (Å²) >= 11 is 1.44. The number of para-hydroxylation sites is 1. The molecule has 5 rings (SSSR count). The van der Waals surface area contributed by atoms with Gasteiger partial charge in [-0.2, -0.15) is 0 Å². The molecule has 0 spiro atoms. The van der Waals surface area contributed by atoms with E-state index < -0.39 is 0 Å². The SMILES string of the molecule is CC(C)c1ccc(NC(=O)CSc2nnc(-c3c[nH]c4ccccc34)n2C2CC2)cc1. The molecular weight excluding hydrogens is 406 g/mol. The number of anilines is 1. The number of hydrogen-bond donors (Lipinski definition) is 2. The zero-order valence-corrected chi connectivity index (χ0v) is 18.4. The summed E-state index contributed by atoms with van der Waals surface area (Å²) in [5, 5.41) is 13.8. The third kappa shape index (κ3) is 4.10. The van der Waals surface area contributed by atoms with Gasteiger partial charge >= 0.3 is 0 Å². The van der Waals surface area contributed by atoms with Crippen molar-refractivity contribution in [1.82, 2.24) is 19.7 Å². The first kappa shape index (κ1) is 19.9. The van der Waals surface area contributed by atoms with Crippen molar-refractivity contribution >= 4 is 34.3 Å². The van der Waals surface area contributed by atoms with Crippen molar-refractivity contribution in [1.29, 1.82) is 0 Å². The van der Waals surface area contributed by atoms with E-state index >= 15 is 0 Å². The lowest BCUT2D eigenvalue weighted by molar-refractivity contribution is -0.113. The molecule has 4 aromatic rings. The number of hydrogen-bond acceptors (Lipinski definition) is 4. The van der Waals surface area contributed by atoms with E-state index in [1.54, 1.807) is 0 Å². The number of thioether (sulfide) groups is 1.